The lowest BCUT2D eigenvalue weighted by molar-refractivity contribution is 0.101. The van der Waals surface area contributed by atoms with Crippen molar-refractivity contribution in [3.8, 4) is 0 Å². The predicted molar refractivity (Wildman–Crippen MR) is 76.7 cm³/mol. The van der Waals surface area contributed by atoms with Crippen LogP contribution in [-0.2, 0) is 6.54 Å². The number of benzene rings is 1. The third-order valence-corrected chi connectivity index (χ3v) is 3.88. The highest BCUT2D eigenvalue weighted by molar-refractivity contribution is 6.35. The van der Waals surface area contributed by atoms with E-state index in [2.05, 4.69) is 31.4 Å². The third kappa shape index (κ3) is 1.85. The van der Waals surface area contributed by atoms with Gasteiger partial charge in [0.1, 0.15) is 5.15 Å². The summed E-state index contributed by atoms with van der Waals surface area (Å²) in [7, 11) is 0. The lowest BCUT2D eigenvalue weighted by Gasteiger charge is -2.08. The van der Waals surface area contributed by atoms with Crippen molar-refractivity contribution in [2.75, 3.05) is 0 Å². The number of ketones is 1. The van der Waals surface area contributed by atoms with Crippen LogP contribution in [0.2, 0.25) is 5.15 Å². The van der Waals surface area contributed by atoms with E-state index in [1.807, 2.05) is 6.07 Å². The first-order valence-electron chi connectivity index (χ1n) is 6.27. The number of halogens is 1. The Labute approximate surface area is 113 Å². The van der Waals surface area contributed by atoms with Gasteiger partial charge >= 0.3 is 0 Å². The molecule has 0 N–H and O–H groups in total. The molecule has 3 heteroatoms. The molecule has 2 rings (SSSR count). The van der Waals surface area contributed by atoms with Crippen LogP contribution >= 0.6 is 11.6 Å². The maximum absolute atomic E-state index is 11.8. The summed E-state index contributed by atoms with van der Waals surface area (Å²) < 4.78 is 2.07. The average Bonchev–Trinajstić information content (AvgIpc) is 2.58. The van der Waals surface area contributed by atoms with Gasteiger partial charge in [-0.2, -0.15) is 0 Å². The molecular weight excluding hydrogens is 246 g/mol. The van der Waals surface area contributed by atoms with Crippen molar-refractivity contribution in [1.29, 1.82) is 0 Å². The SMILES string of the molecule is CCCn1c(Cl)c(C(C)=O)c2ccc(C)c(C)c21. The van der Waals surface area contributed by atoms with Crippen molar-refractivity contribution in [3.05, 3.63) is 34.0 Å². The molecule has 0 radical (unpaired) electrons. The molecule has 0 amide bonds. The fraction of sp³-hybridized carbons (Fsp3) is 0.400. The maximum Gasteiger partial charge on any atom is 0.163 e. The van der Waals surface area contributed by atoms with Crippen LogP contribution in [0.1, 0.15) is 41.8 Å². The number of Topliss-reactive ketones (excluding diaryl/α,β-unsaturated/α-hetero) is 1. The minimum atomic E-state index is 0.0307. The van der Waals surface area contributed by atoms with E-state index in [0.29, 0.717) is 10.7 Å². The van der Waals surface area contributed by atoms with Gasteiger partial charge in [0.25, 0.3) is 0 Å². The van der Waals surface area contributed by atoms with Crippen LogP contribution in [0.15, 0.2) is 12.1 Å². The summed E-state index contributed by atoms with van der Waals surface area (Å²) >= 11 is 6.39. The molecule has 2 aromatic rings. The smallest absolute Gasteiger partial charge is 0.163 e. The number of fused-ring (bicyclic) bond motifs is 1. The van der Waals surface area contributed by atoms with Gasteiger partial charge in [-0.25, -0.2) is 0 Å². The molecule has 0 aliphatic heterocycles. The molecule has 1 aromatic heterocycles. The Hall–Kier alpha value is -1.28. The first kappa shape index (κ1) is 13.2. The minimum Gasteiger partial charge on any atom is -0.331 e. The summed E-state index contributed by atoms with van der Waals surface area (Å²) in [4.78, 5) is 11.8. The molecule has 0 spiro atoms. The van der Waals surface area contributed by atoms with Gasteiger partial charge in [-0.05, 0) is 38.3 Å². The van der Waals surface area contributed by atoms with E-state index in [-0.39, 0.29) is 5.78 Å². The van der Waals surface area contributed by atoms with Crippen LogP contribution in [0, 0.1) is 13.8 Å². The number of carbonyl (C=O) groups excluding carboxylic acids is 1. The highest BCUT2D eigenvalue weighted by Gasteiger charge is 2.20. The molecule has 18 heavy (non-hydrogen) atoms. The molecule has 0 atom stereocenters. The second kappa shape index (κ2) is 4.77. The second-order valence-electron chi connectivity index (χ2n) is 4.78. The van der Waals surface area contributed by atoms with Crippen molar-refractivity contribution >= 4 is 28.3 Å². The Balaban J connectivity index is 2.92. The normalized spacial score (nSPS) is 11.2. The van der Waals surface area contributed by atoms with Crippen molar-refractivity contribution in [2.45, 2.75) is 40.7 Å². The van der Waals surface area contributed by atoms with E-state index in [1.54, 1.807) is 6.92 Å². The van der Waals surface area contributed by atoms with Gasteiger partial charge < -0.3 is 4.57 Å². The molecule has 1 aromatic carbocycles. The fourth-order valence-corrected chi connectivity index (χ4v) is 2.87. The van der Waals surface area contributed by atoms with E-state index in [0.717, 1.165) is 23.9 Å². The molecule has 96 valence electrons. The molecule has 0 fully saturated rings. The molecule has 2 nitrogen and oxygen atoms in total. The summed E-state index contributed by atoms with van der Waals surface area (Å²) in [5, 5.41) is 1.55. The maximum atomic E-state index is 11.8. The van der Waals surface area contributed by atoms with Gasteiger partial charge in [0, 0.05) is 11.9 Å². The third-order valence-electron chi connectivity index (χ3n) is 3.48. The Morgan fingerprint density at radius 1 is 1.33 bits per heavy atom. The molecule has 0 saturated carbocycles. The number of rotatable bonds is 3. The predicted octanol–water partition coefficient (Wildman–Crippen LogP) is 4.52. The van der Waals surface area contributed by atoms with E-state index < -0.39 is 0 Å². The van der Waals surface area contributed by atoms with E-state index in [9.17, 15) is 4.79 Å². The topological polar surface area (TPSA) is 22.0 Å². The lowest BCUT2D eigenvalue weighted by atomic mass is 10.0. The molecule has 0 bridgehead atoms. The zero-order valence-electron chi connectivity index (χ0n) is 11.3. The van der Waals surface area contributed by atoms with Crippen LogP contribution in [0.25, 0.3) is 10.9 Å². The van der Waals surface area contributed by atoms with E-state index in [1.165, 1.54) is 11.1 Å². The first-order valence-corrected chi connectivity index (χ1v) is 6.65. The molecule has 1 heterocycles. The monoisotopic (exact) mass is 263 g/mol. The van der Waals surface area contributed by atoms with Crippen molar-refractivity contribution in [3.63, 3.8) is 0 Å². The summed E-state index contributed by atoms with van der Waals surface area (Å²) in [6.45, 7) is 8.70. The van der Waals surface area contributed by atoms with Gasteiger partial charge in [0.2, 0.25) is 0 Å². The van der Waals surface area contributed by atoms with Crippen molar-refractivity contribution in [2.24, 2.45) is 0 Å². The molecule has 0 aliphatic carbocycles. The van der Waals surface area contributed by atoms with Crippen LogP contribution in [0.4, 0.5) is 0 Å². The molecule has 0 unspecified atom stereocenters. The number of aryl methyl sites for hydroxylation is 3. The Morgan fingerprint density at radius 2 is 2.00 bits per heavy atom. The van der Waals surface area contributed by atoms with Crippen LogP contribution < -0.4 is 0 Å². The van der Waals surface area contributed by atoms with Gasteiger partial charge in [0.15, 0.2) is 5.78 Å². The van der Waals surface area contributed by atoms with Crippen LogP contribution in [0.5, 0.6) is 0 Å². The number of hydrogen-bond acceptors (Lipinski definition) is 1. The average molecular weight is 264 g/mol. The summed E-state index contributed by atoms with van der Waals surface area (Å²) in [5.74, 6) is 0.0307. The van der Waals surface area contributed by atoms with E-state index in [4.69, 9.17) is 11.6 Å². The quantitative estimate of drug-likeness (QED) is 0.746. The minimum absolute atomic E-state index is 0.0307. The fourth-order valence-electron chi connectivity index (χ4n) is 2.46. The Bertz CT molecular complexity index is 625. The van der Waals surface area contributed by atoms with E-state index >= 15 is 0 Å². The first-order chi connectivity index (χ1) is 8.49. The molecule has 0 saturated heterocycles. The Kier molecular flexibility index (Phi) is 3.49. The molecule has 0 aliphatic rings. The van der Waals surface area contributed by atoms with Crippen LogP contribution in [0.3, 0.4) is 0 Å². The highest BCUT2D eigenvalue weighted by atomic mass is 35.5. The summed E-state index contributed by atoms with van der Waals surface area (Å²) in [6.07, 6.45) is 0.994. The van der Waals surface area contributed by atoms with Gasteiger partial charge in [-0.15, -0.1) is 0 Å². The summed E-state index contributed by atoms with van der Waals surface area (Å²) in [5.41, 5.74) is 4.19. The standard InChI is InChI=1S/C15H18ClNO/c1-5-8-17-14-10(3)9(2)6-7-12(14)13(11(4)18)15(17)16/h6-7H,5,8H2,1-4H3. The second-order valence-corrected chi connectivity index (χ2v) is 5.14. The Morgan fingerprint density at radius 3 is 2.56 bits per heavy atom. The van der Waals surface area contributed by atoms with Gasteiger partial charge in [0.05, 0.1) is 11.1 Å². The number of nitrogens with zero attached hydrogens (tertiary/aromatic N) is 1. The van der Waals surface area contributed by atoms with Gasteiger partial charge in [-0.3, -0.25) is 4.79 Å². The molecular formula is C15H18ClNO. The number of aromatic nitrogens is 1. The zero-order valence-corrected chi connectivity index (χ0v) is 12.1. The van der Waals surface area contributed by atoms with Crippen molar-refractivity contribution < 1.29 is 4.79 Å². The number of hydrogen-bond donors (Lipinski definition) is 0. The van der Waals surface area contributed by atoms with Gasteiger partial charge in [-0.1, -0.05) is 30.7 Å². The highest BCUT2D eigenvalue weighted by Crippen LogP contribution is 2.33. The zero-order chi connectivity index (χ0) is 13.4. The number of carbonyl (C=O) groups is 1. The van der Waals surface area contributed by atoms with Crippen LogP contribution in [-0.4, -0.2) is 10.4 Å². The summed E-state index contributed by atoms with van der Waals surface area (Å²) in [6, 6.07) is 4.06. The lowest BCUT2D eigenvalue weighted by Crippen LogP contribution is -1.99. The largest absolute Gasteiger partial charge is 0.331 e. The van der Waals surface area contributed by atoms with Crippen molar-refractivity contribution in [1.82, 2.24) is 4.57 Å².